The van der Waals surface area contributed by atoms with Crippen LogP contribution in [0.25, 0.3) is 10.2 Å². The molecular formula is C26H36ClN3OS2. The lowest BCUT2D eigenvalue weighted by atomic mass is 10.1. The summed E-state index contributed by atoms with van der Waals surface area (Å²) in [6.07, 6.45) is 1.41. The van der Waals surface area contributed by atoms with Gasteiger partial charge in [0.05, 0.1) is 10.2 Å². The summed E-state index contributed by atoms with van der Waals surface area (Å²) in [6, 6.07) is 12.9. The molecule has 3 rings (SSSR count). The molecule has 0 atom stereocenters. The number of hydrogen-bond donors (Lipinski definition) is 0. The summed E-state index contributed by atoms with van der Waals surface area (Å²) in [7, 11) is 0. The first-order valence-corrected chi connectivity index (χ1v) is 13.3. The van der Waals surface area contributed by atoms with Gasteiger partial charge in [0.1, 0.15) is 0 Å². The molecule has 1 heterocycles. The normalized spacial score (nSPS) is 11.1. The van der Waals surface area contributed by atoms with E-state index in [-0.39, 0.29) is 18.3 Å². The van der Waals surface area contributed by atoms with Crippen LogP contribution in [0.3, 0.4) is 0 Å². The first kappa shape index (κ1) is 27.6. The van der Waals surface area contributed by atoms with Gasteiger partial charge in [0.2, 0.25) is 5.91 Å². The Morgan fingerprint density at radius 1 is 1.00 bits per heavy atom. The molecule has 1 amide bonds. The van der Waals surface area contributed by atoms with Crippen molar-refractivity contribution in [3.8, 4) is 0 Å². The van der Waals surface area contributed by atoms with Crippen molar-refractivity contribution in [2.45, 2.75) is 52.4 Å². The second-order valence-electron chi connectivity index (χ2n) is 8.26. The third kappa shape index (κ3) is 7.71. The van der Waals surface area contributed by atoms with E-state index in [1.165, 1.54) is 21.6 Å². The number of thiazole rings is 1. The Bertz CT molecular complexity index is 1030. The maximum absolute atomic E-state index is 13.3. The standard InChI is InChI=1S/C26H35N3OS2.ClH/c1-6-28(7-2)14-15-29(26-27-25-21(5)17-20(4)18-23(25)32-26)24(30)9-8-16-31-22-12-10-19(3)11-13-22;/h10-13,17-18H,6-9,14-16H2,1-5H3;1H. The van der Waals surface area contributed by atoms with Gasteiger partial charge in [-0.05, 0) is 75.4 Å². The van der Waals surface area contributed by atoms with E-state index < -0.39 is 0 Å². The highest BCUT2D eigenvalue weighted by Crippen LogP contribution is 2.32. The number of likely N-dealkylation sites (N-methyl/N-ethyl adjacent to an activating group) is 1. The number of anilines is 1. The molecule has 7 heteroatoms. The fourth-order valence-electron chi connectivity index (χ4n) is 3.77. The maximum atomic E-state index is 13.3. The van der Waals surface area contributed by atoms with Gasteiger partial charge in [-0.2, -0.15) is 0 Å². The molecule has 0 bridgehead atoms. The van der Waals surface area contributed by atoms with E-state index >= 15 is 0 Å². The molecular weight excluding hydrogens is 470 g/mol. The van der Waals surface area contributed by atoms with Crippen molar-refractivity contribution < 1.29 is 4.79 Å². The number of aryl methyl sites for hydroxylation is 3. The Labute approximate surface area is 213 Å². The molecule has 0 unspecified atom stereocenters. The highest BCUT2D eigenvalue weighted by atomic mass is 35.5. The Kier molecular flexibility index (Phi) is 11.2. The number of fused-ring (bicyclic) bond motifs is 1. The summed E-state index contributed by atoms with van der Waals surface area (Å²) in [5.41, 5.74) is 4.70. The molecule has 0 radical (unpaired) electrons. The minimum absolute atomic E-state index is 0. The molecule has 0 aliphatic heterocycles. The summed E-state index contributed by atoms with van der Waals surface area (Å²) in [6.45, 7) is 14.2. The van der Waals surface area contributed by atoms with Gasteiger partial charge in [0.25, 0.3) is 0 Å². The number of carbonyl (C=O) groups is 1. The molecule has 0 aliphatic carbocycles. The van der Waals surface area contributed by atoms with E-state index in [1.807, 2.05) is 16.7 Å². The van der Waals surface area contributed by atoms with Crippen LogP contribution in [0.1, 0.15) is 43.4 Å². The van der Waals surface area contributed by atoms with E-state index in [1.54, 1.807) is 11.3 Å². The summed E-state index contributed by atoms with van der Waals surface area (Å²) in [5.74, 6) is 1.12. The SMILES string of the molecule is CCN(CC)CCN(C(=O)CCCSc1ccc(C)cc1)c1nc2c(C)cc(C)cc2s1.Cl. The molecule has 0 N–H and O–H groups in total. The van der Waals surface area contributed by atoms with Crippen LogP contribution in [-0.2, 0) is 4.79 Å². The molecule has 0 aliphatic rings. The third-order valence-corrected chi connectivity index (χ3v) is 7.83. The second-order valence-corrected chi connectivity index (χ2v) is 10.4. The van der Waals surface area contributed by atoms with E-state index in [2.05, 4.69) is 75.9 Å². The van der Waals surface area contributed by atoms with Crippen molar-refractivity contribution in [1.29, 1.82) is 0 Å². The van der Waals surface area contributed by atoms with Crippen LogP contribution in [0.2, 0.25) is 0 Å². The molecule has 0 saturated heterocycles. The zero-order chi connectivity index (χ0) is 23.1. The smallest absolute Gasteiger partial charge is 0.228 e. The second kappa shape index (κ2) is 13.3. The molecule has 3 aromatic rings. The molecule has 4 nitrogen and oxygen atoms in total. The molecule has 0 fully saturated rings. The topological polar surface area (TPSA) is 36.4 Å². The molecule has 1 aromatic heterocycles. The maximum Gasteiger partial charge on any atom is 0.228 e. The van der Waals surface area contributed by atoms with E-state index in [9.17, 15) is 4.79 Å². The van der Waals surface area contributed by atoms with Gasteiger partial charge < -0.3 is 4.90 Å². The van der Waals surface area contributed by atoms with Crippen LogP contribution in [-0.4, -0.2) is 47.7 Å². The number of amides is 1. The van der Waals surface area contributed by atoms with Crippen molar-refractivity contribution in [2.24, 2.45) is 0 Å². The highest BCUT2D eigenvalue weighted by molar-refractivity contribution is 7.99. The van der Waals surface area contributed by atoms with Crippen LogP contribution >= 0.6 is 35.5 Å². The Morgan fingerprint density at radius 3 is 2.36 bits per heavy atom. The van der Waals surface area contributed by atoms with Crippen LogP contribution in [0, 0.1) is 20.8 Å². The first-order valence-electron chi connectivity index (χ1n) is 11.5. The van der Waals surface area contributed by atoms with Crippen molar-refractivity contribution in [1.82, 2.24) is 9.88 Å². The zero-order valence-corrected chi connectivity index (χ0v) is 22.8. The predicted molar refractivity (Wildman–Crippen MR) is 148 cm³/mol. The fourth-order valence-corrected chi connectivity index (χ4v) is 5.80. The van der Waals surface area contributed by atoms with Crippen LogP contribution in [0.15, 0.2) is 41.3 Å². The van der Waals surface area contributed by atoms with Gasteiger partial charge in [-0.25, -0.2) is 4.98 Å². The van der Waals surface area contributed by atoms with Gasteiger partial charge in [0, 0.05) is 24.4 Å². The third-order valence-electron chi connectivity index (χ3n) is 5.71. The molecule has 2 aromatic carbocycles. The van der Waals surface area contributed by atoms with E-state index in [4.69, 9.17) is 4.98 Å². The lowest BCUT2D eigenvalue weighted by molar-refractivity contribution is -0.118. The largest absolute Gasteiger partial charge is 0.302 e. The number of benzene rings is 2. The number of nitrogens with zero attached hydrogens (tertiary/aromatic N) is 3. The van der Waals surface area contributed by atoms with Crippen molar-refractivity contribution >= 4 is 56.8 Å². The first-order chi connectivity index (χ1) is 15.4. The average molecular weight is 506 g/mol. The molecule has 33 heavy (non-hydrogen) atoms. The number of hydrogen-bond acceptors (Lipinski definition) is 5. The molecule has 0 spiro atoms. The number of carbonyl (C=O) groups excluding carboxylic acids is 1. The summed E-state index contributed by atoms with van der Waals surface area (Å²) in [4.78, 5) is 23.7. The van der Waals surface area contributed by atoms with Gasteiger partial charge in [0.15, 0.2) is 5.13 Å². The van der Waals surface area contributed by atoms with Crippen LogP contribution in [0.4, 0.5) is 5.13 Å². The monoisotopic (exact) mass is 505 g/mol. The summed E-state index contributed by atoms with van der Waals surface area (Å²) >= 11 is 3.46. The summed E-state index contributed by atoms with van der Waals surface area (Å²) in [5, 5.41) is 0.831. The van der Waals surface area contributed by atoms with Crippen molar-refractivity contribution in [3.63, 3.8) is 0 Å². The lowest BCUT2D eigenvalue weighted by Crippen LogP contribution is -2.38. The predicted octanol–water partition coefficient (Wildman–Crippen LogP) is 6.89. The number of thioether (sulfide) groups is 1. The molecule has 180 valence electrons. The Balaban J connectivity index is 0.00000385. The Morgan fingerprint density at radius 2 is 1.70 bits per heavy atom. The highest BCUT2D eigenvalue weighted by Gasteiger charge is 2.21. The summed E-state index contributed by atoms with van der Waals surface area (Å²) < 4.78 is 1.16. The number of halogens is 1. The van der Waals surface area contributed by atoms with E-state index in [0.29, 0.717) is 13.0 Å². The van der Waals surface area contributed by atoms with E-state index in [0.717, 1.165) is 47.2 Å². The van der Waals surface area contributed by atoms with Crippen molar-refractivity contribution in [2.75, 3.05) is 36.8 Å². The zero-order valence-electron chi connectivity index (χ0n) is 20.4. The van der Waals surface area contributed by atoms with Crippen molar-refractivity contribution in [3.05, 3.63) is 53.1 Å². The lowest BCUT2D eigenvalue weighted by Gasteiger charge is -2.24. The quantitative estimate of drug-likeness (QED) is 0.210. The fraction of sp³-hybridized carbons (Fsp3) is 0.462. The Hall–Kier alpha value is -1.60. The van der Waals surface area contributed by atoms with Gasteiger partial charge >= 0.3 is 0 Å². The molecule has 0 saturated carbocycles. The van der Waals surface area contributed by atoms with Gasteiger partial charge in [-0.1, -0.05) is 48.9 Å². The van der Waals surface area contributed by atoms with Crippen LogP contribution < -0.4 is 4.90 Å². The minimum Gasteiger partial charge on any atom is -0.302 e. The minimum atomic E-state index is 0. The van der Waals surface area contributed by atoms with Gasteiger partial charge in [-0.15, -0.1) is 24.2 Å². The van der Waals surface area contributed by atoms with Gasteiger partial charge in [-0.3, -0.25) is 9.69 Å². The number of rotatable bonds is 11. The number of aromatic nitrogens is 1. The average Bonchev–Trinajstić information content (AvgIpc) is 3.19. The van der Waals surface area contributed by atoms with Crippen LogP contribution in [0.5, 0.6) is 0 Å².